The Labute approximate surface area is 192 Å². The van der Waals surface area contributed by atoms with E-state index in [9.17, 15) is 14.7 Å². The molecule has 0 radical (unpaired) electrons. The fourth-order valence-electron chi connectivity index (χ4n) is 3.67. The number of amides is 2. The van der Waals surface area contributed by atoms with Crippen molar-refractivity contribution < 1.29 is 19.1 Å². The SMILES string of the molecule is Cc1cccc(C(O)(C(=O)NN(C(=O)c2ccco2)c2ccccc2)c2cccc(C)c2)c1. The lowest BCUT2D eigenvalue weighted by Gasteiger charge is -2.32. The van der Waals surface area contributed by atoms with Crippen LogP contribution in [0.5, 0.6) is 0 Å². The van der Waals surface area contributed by atoms with Gasteiger partial charge < -0.3 is 9.52 Å². The van der Waals surface area contributed by atoms with Crippen LogP contribution in [0, 0.1) is 13.8 Å². The highest BCUT2D eigenvalue weighted by Crippen LogP contribution is 2.32. The van der Waals surface area contributed by atoms with Gasteiger partial charge in [-0.2, -0.15) is 0 Å². The molecule has 2 N–H and O–H groups in total. The third kappa shape index (κ3) is 4.42. The van der Waals surface area contributed by atoms with Crippen molar-refractivity contribution in [2.75, 3.05) is 5.01 Å². The van der Waals surface area contributed by atoms with Gasteiger partial charge in [0.1, 0.15) is 0 Å². The first-order chi connectivity index (χ1) is 15.9. The molecule has 6 nitrogen and oxygen atoms in total. The highest BCUT2D eigenvalue weighted by molar-refractivity contribution is 6.06. The zero-order valence-electron chi connectivity index (χ0n) is 18.4. The Morgan fingerprint density at radius 2 is 1.42 bits per heavy atom. The summed E-state index contributed by atoms with van der Waals surface area (Å²) in [6.45, 7) is 3.77. The molecular formula is C27H24N2O4. The molecule has 0 atom stereocenters. The van der Waals surface area contributed by atoms with E-state index in [2.05, 4.69) is 5.43 Å². The summed E-state index contributed by atoms with van der Waals surface area (Å²) in [5.74, 6) is -1.30. The number of anilines is 1. The summed E-state index contributed by atoms with van der Waals surface area (Å²) in [6, 6.07) is 26.0. The maximum absolute atomic E-state index is 13.8. The zero-order valence-corrected chi connectivity index (χ0v) is 18.4. The molecule has 2 amide bonds. The van der Waals surface area contributed by atoms with E-state index >= 15 is 0 Å². The Balaban J connectivity index is 1.80. The van der Waals surface area contributed by atoms with Crippen LogP contribution < -0.4 is 10.4 Å². The Morgan fingerprint density at radius 1 is 0.818 bits per heavy atom. The predicted octanol–water partition coefficient (Wildman–Crippen LogP) is 4.51. The summed E-state index contributed by atoms with van der Waals surface area (Å²) in [5.41, 5.74) is 3.56. The number of rotatable bonds is 5. The first kappa shape index (κ1) is 22.0. The molecule has 4 rings (SSSR count). The number of nitrogens with zero attached hydrogens (tertiary/aromatic N) is 1. The minimum Gasteiger partial charge on any atom is -0.459 e. The van der Waals surface area contributed by atoms with Gasteiger partial charge >= 0.3 is 5.91 Å². The topological polar surface area (TPSA) is 82.8 Å². The summed E-state index contributed by atoms with van der Waals surface area (Å²) in [5, 5.41) is 13.0. The van der Waals surface area contributed by atoms with Crippen molar-refractivity contribution in [3.05, 3.63) is 125 Å². The number of benzene rings is 3. The van der Waals surface area contributed by atoms with E-state index in [1.54, 1.807) is 72.8 Å². The lowest BCUT2D eigenvalue weighted by Crippen LogP contribution is -2.54. The molecule has 3 aromatic carbocycles. The largest absolute Gasteiger partial charge is 0.459 e. The molecule has 4 aromatic rings. The first-order valence-corrected chi connectivity index (χ1v) is 10.5. The molecule has 1 heterocycles. The van der Waals surface area contributed by atoms with Crippen LogP contribution in [0.4, 0.5) is 5.69 Å². The van der Waals surface area contributed by atoms with E-state index in [0.717, 1.165) is 16.1 Å². The molecule has 0 unspecified atom stereocenters. The van der Waals surface area contributed by atoms with Gasteiger partial charge in [0.15, 0.2) is 11.4 Å². The van der Waals surface area contributed by atoms with Gasteiger partial charge in [-0.05, 0) is 49.2 Å². The van der Waals surface area contributed by atoms with Crippen molar-refractivity contribution in [3.8, 4) is 0 Å². The molecule has 0 spiro atoms. The Morgan fingerprint density at radius 3 is 1.94 bits per heavy atom. The molecule has 0 aliphatic heterocycles. The lowest BCUT2D eigenvalue weighted by atomic mass is 9.84. The first-order valence-electron chi connectivity index (χ1n) is 10.5. The number of furan rings is 1. The minimum atomic E-state index is -2.05. The lowest BCUT2D eigenvalue weighted by molar-refractivity contribution is -0.136. The van der Waals surface area contributed by atoms with Crippen LogP contribution in [0.25, 0.3) is 0 Å². The highest BCUT2D eigenvalue weighted by Gasteiger charge is 2.42. The molecule has 0 bridgehead atoms. The van der Waals surface area contributed by atoms with Gasteiger partial charge in [-0.25, -0.2) is 5.01 Å². The number of hydrogen-bond donors (Lipinski definition) is 2. The summed E-state index contributed by atoms with van der Waals surface area (Å²) in [6.07, 6.45) is 1.38. The minimum absolute atomic E-state index is 0.0498. The molecule has 166 valence electrons. The van der Waals surface area contributed by atoms with Crippen molar-refractivity contribution in [1.29, 1.82) is 0 Å². The average Bonchev–Trinajstić information content (AvgIpc) is 3.37. The highest BCUT2D eigenvalue weighted by atomic mass is 16.3. The van der Waals surface area contributed by atoms with Gasteiger partial charge in [0, 0.05) is 0 Å². The second-order valence-corrected chi connectivity index (χ2v) is 7.84. The summed E-state index contributed by atoms with van der Waals surface area (Å²) < 4.78 is 5.26. The fraction of sp³-hybridized carbons (Fsp3) is 0.111. The third-order valence-corrected chi connectivity index (χ3v) is 5.36. The number of para-hydroxylation sites is 1. The Bertz CT molecular complexity index is 1220. The van der Waals surface area contributed by atoms with Crippen LogP contribution in [-0.4, -0.2) is 16.9 Å². The monoisotopic (exact) mass is 440 g/mol. The van der Waals surface area contributed by atoms with Crippen LogP contribution in [0.2, 0.25) is 0 Å². The fourth-order valence-corrected chi connectivity index (χ4v) is 3.67. The molecule has 0 saturated carbocycles. The normalized spacial score (nSPS) is 11.1. The number of carbonyl (C=O) groups is 2. The van der Waals surface area contributed by atoms with Crippen molar-refractivity contribution >= 4 is 17.5 Å². The zero-order chi connectivity index (χ0) is 23.4. The van der Waals surface area contributed by atoms with Gasteiger partial charge in [-0.3, -0.25) is 15.0 Å². The molecular weight excluding hydrogens is 416 g/mol. The van der Waals surface area contributed by atoms with Gasteiger partial charge in [0.2, 0.25) is 0 Å². The Hall–Kier alpha value is -4.16. The summed E-state index contributed by atoms with van der Waals surface area (Å²) in [4.78, 5) is 26.9. The molecule has 1 aromatic heterocycles. The molecule has 0 aliphatic rings. The maximum Gasteiger partial charge on any atom is 0.312 e. The number of nitrogens with one attached hydrogen (secondary N) is 1. The molecule has 33 heavy (non-hydrogen) atoms. The second kappa shape index (κ2) is 9.14. The molecule has 0 aliphatic carbocycles. The van der Waals surface area contributed by atoms with Crippen molar-refractivity contribution in [2.45, 2.75) is 19.4 Å². The third-order valence-electron chi connectivity index (χ3n) is 5.36. The quantitative estimate of drug-likeness (QED) is 0.447. The van der Waals surface area contributed by atoms with E-state index in [4.69, 9.17) is 4.42 Å². The number of hydrogen-bond acceptors (Lipinski definition) is 4. The second-order valence-electron chi connectivity index (χ2n) is 7.84. The average molecular weight is 440 g/mol. The van der Waals surface area contributed by atoms with E-state index in [0.29, 0.717) is 16.8 Å². The van der Waals surface area contributed by atoms with Gasteiger partial charge in [-0.15, -0.1) is 0 Å². The Kier molecular flexibility index (Phi) is 6.11. The van der Waals surface area contributed by atoms with Crippen molar-refractivity contribution in [1.82, 2.24) is 5.43 Å². The smallest absolute Gasteiger partial charge is 0.312 e. The number of aryl methyl sites for hydroxylation is 2. The van der Waals surface area contributed by atoms with E-state index < -0.39 is 17.4 Å². The van der Waals surface area contributed by atoms with Crippen LogP contribution >= 0.6 is 0 Å². The molecule has 0 fully saturated rings. The van der Waals surface area contributed by atoms with Crippen molar-refractivity contribution in [2.24, 2.45) is 0 Å². The standard InChI is InChI=1S/C27H24N2O4/c1-19-9-6-11-21(17-19)27(32,22-12-7-10-20(2)18-22)26(31)28-29(23-13-4-3-5-14-23)25(30)24-15-8-16-33-24/h3-18,32H,1-2H3,(H,28,31). The van der Waals surface area contributed by atoms with Crippen LogP contribution in [0.3, 0.4) is 0 Å². The maximum atomic E-state index is 13.8. The van der Waals surface area contributed by atoms with Crippen LogP contribution in [0.1, 0.15) is 32.8 Å². The number of aliphatic hydroxyl groups is 1. The number of carbonyl (C=O) groups excluding carboxylic acids is 2. The van der Waals surface area contributed by atoms with Gasteiger partial charge in [-0.1, -0.05) is 77.9 Å². The molecule has 6 heteroatoms. The summed E-state index contributed by atoms with van der Waals surface area (Å²) in [7, 11) is 0. The van der Waals surface area contributed by atoms with Crippen molar-refractivity contribution in [3.63, 3.8) is 0 Å². The van der Waals surface area contributed by atoms with Gasteiger partial charge in [0.05, 0.1) is 12.0 Å². The van der Waals surface area contributed by atoms with E-state index in [1.165, 1.54) is 12.3 Å². The van der Waals surface area contributed by atoms with E-state index in [-0.39, 0.29) is 5.76 Å². The van der Waals surface area contributed by atoms with Crippen LogP contribution in [0.15, 0.2) is 102 Å². The van der Waals surface area contributed by atoms with Crippen LogP contribution in [-0.2, 0) is 10.4 Å². The predicted molar refractivity (Wildman–Crippen MR) is 125 cm³/mol. The molecule has 0 saturated heterocycles. The number of hydrazine groups is 1. The summed E-state index contributed by atoms with van der Waals surface area (Å²) >= 11 is 0. The van der Waals surface area contributed by atoms with Gasteiger partial charge in [0.25, 0.3) is 5.91 Å². The van der Waals surface area contributed by atoms with E-state index in [1.807, 2.05) is 26.0 Å².